The molecule has 1 aromatic carbocycles. The van der Waals surface area contributed by atoms with Gasteiger partial charge >= 0.3 is 5.69 Å². The molecule has 8 heteroatoms. The molecular formula is C13H10ClN5O2. The highest BCUT2D eigenvalue weighted by molar-refractivity contribution is 6.32. The van der Waals surface area contributed by atoms with Crippen LogP contribution < -0.4 is 11.4 Å². The van der Waals surface area contributed by atoms with E-state index >= 15 is 0 Å². The first kappa shape index (κ1) is 13.3. The van der Waals surface area contributed by atoms with Crippen molar-refractivity contribution in [1.29, 1.82) is 0 Å². The van der Waals surface area contributed by atoms with E-state index in [1.54, 1.807) is 31.2 Å². The highest BCUT2D eigenvalue weighted by atomic mass is 35.5. The number of amides is 1. The molecule has 0 saturated heterocycles. The minimum Gasteiger partial charge on any atom is -0.364 e. The van der Waals surface area contributed by atoms with Gasteiger partial charge in [-0.1, -0.05) is 23.7 Å². The Morgan fingerprint density at radius 3 is 2.71 bits per heavy atom. The molecule has 0 saturated carbocycles. The van der Waals surface area contributed by atoms with Crippen molar-refractivity contribution in [3.8, 4) is 5.69 Å². The molecule has 21 heavy (non-hydrogen) atoms. The van der Waals surface area contributed by atoms with E-state index in [0.29, 0.717) is 16.5 Å². The second kappa shape index (κ2) is 4.71. The molecule has 0 aliphatic heterocycles. The lowest BCUT2D eigenvalue weighted by molar-refractivity contribution is 0.0997. The molecule has 3 N–H and O–H groups in total. The second-order valence-electron chi connectivity index (χ2n) is 4.40. The van der Waals surface area contributed by atoms with Crippen molar-refractivity contribution in [2.45, 2.75) is 6.92 Å². The molecule has 0 fully saturated rings. The maximum atomic E-state index is 12.2. The first-order chi connectivity index (χ1) is 9.99. The van der Waals surface area contributed by atoms with Gasteiger partial charge in [0.25, 0.3) is 5.91 Å². The molecule has 0 unspecified atom stereocenters. The van der Waals surface area contributed by atoms with Gasteiger partial charge in [-0.25, -0.2) is 19.3 Å². The number of carbonyl (C=O) groups is 1. The Labute approximate surface area is 123 Å². The normalized spacial score (nSPS) is 11.0. The summed E-state index contributed by atoms with van der Waals surface area (Å²) in [5.41, 5.74) is 5.70. The van der Waals surface area contributed by atoms with Crippen LogP contribution in [-0.4, -0.2) is 25.4 Å². The average molecular weight is 304 g/mol. The predicted molar refractivity (Wildman–Crippen MR) is 77.8 cm³/mol. The Hall–Kier alpha value is -2.67. The minimum absolute atomic E-state index is 0.0274. The predicted octanol–water partition coefficient (Wildman–Crippen LogP) is 1.17. The number of benzene rings is 1. The number of fused-ring (bicyclic) bond motifs is 1. The number of aromatic nitrogens is 4. The standard InChI is InChI=1S/C13H10ClN5O2/c1-6-16-9(11(15)20)10-12(17-6)19(13(21)18-10)8-5-3-2-4-7(8)14/h2-5H,1H3,(H2,15,20)(H,18,21). The smallest absolute Gasteiger partial charge is 0.332 e. The van der Waals surface area contributed by atoms with Crippen molar-refractivity contribution >= 4 is 28.7 Å². The second-order valence-corrected chi connectivity index (χ2v) is 4.81. The zero-order chi connectivity index (χ0) is 15.1. The number of halogens is 1. The lowest BCUT2D eigenvalue weighted by atomic mass is 10.3. The van der Waals surface area contributed by atoms with E-state index in [1.807, 2.05) is 0 Å². The Kier molecular flexibility index (Phi) is 2.99. The van der Waals surface area contributed by atoms with Gasteiger partial charge in [0.05, 0.1) is 10.7 Å². The van der Waals surface area contributed by atoms with Crippen LogP contribution in [0, 0.1) is 6.92 Å². The summed E-state index contributed by atoms with van der Waals surface area (Å²) < 4.78 is 1.29. The Morgan fingerprint density at radius 2 is 2.05 bits per heavy atom. The topological polar surface area (TPSA) is 107 Å². The number of nitrogens with two attached hydrogens (primary N) is 1. The van der Waals surface area contributed by atoms with E-state index < -0.39 is 11.6 Å². The van der Waals surface area contributed by atoms with Crippen LogP contribution in [0.5, 0.6) is 0 Å². The fourth-order valence-electron chi connectivity index (χ4n) is 2.13. The zero-order valence-corrected chi connectivity index (χ0v) is 11.7. The van der Waals surface area contributed by atoms with Gasteiger partial charge in [-0.05, 0) is 19.1 Å². The lowest BCUT2D eigenvalue weighted by Gasteiger charge is -2.05. The lowest BCUT2D eigenvalue weighted by Crippen LogP contribution is -2.15. The maximum absolute atomic E-state index is 12.2. The van der Waals surface area contributed by atoms with Gasteiger partial charge in [0.1, 0.15) is 11.3 Å². The van der Waals surface area contributed by atoms with Gasteiger partial charge < -0.3 is 10.7 Å². The number of aromatic amines is 1. The molecule has 7 nitrogen and oxygen atoms in total. The van der Waals surface area contributed by atoms with Gasteiger partial charge in [-0.15, -0.1) is 0 Å². The van der Waals surface area contributed by atoms with E-state index in [-0.39, 0.29) is 16.9 Å². The summed E-state index contributed by atoms with van der Waals surface area (Å²) in [6, 6.07) is 6.83. The fourth-order valence-corrected chi connectivity index (χ4v) is 2.35. The highest BCUT2D eigenvalue weighted by Crippen LogP contribution is 2.22. The number of nitrogens with one attached hydrogen (secondary N) is 1. The third-order valence-electron chi connectivity index (χ3n) is 2.98. The van der Waals surface area contributed by atoms with Crippen molar-refractivity contribution in [2.24, 2.45) is 5.73 Å². The van der Waals surface area contributed by atoms with Crippen LogP contribution in [0.25, 0.3) is 16.9 Å². The number of rotatable bonds is 2. The molecule has 0 aliphatic carbocycles. The van der Waals surface area contributed by atoms with Crippen molar-refractivity contribution < 1.29 is 4.79 Å². The number of carbonyl (C=O) groups excluding carboxylic acids is 1. The molecule has 106 valence electrons. The number of nitrogens with zero attached hydrogens (tertiary/aromatic N) is 3. The van der Waals surface area contributed by atoms with E-state index in [2.05, 4.69) is 15.0 Å². The van der Waals surface area contributed by atoms with E-state index in [9.17, 15) is 9.59 Å². The zero-order valence-electron chi connectivity index (χ0n) is 10.9. The van der Waals surface area contributed by atoms with Crippen LogP contribution in [0.3, 0.4) is 0 Å². The Balaban J connectivity index is 2.46. The summed E-state index contributed by atoms with van der Waals surface area (Å²) in [7, 11) is 0. The molecule has 0 aliphatic rings. The summed E-state index contributed by atoms with van der Waals surface area (Å²) >= 11 is 6.12. The van der Waals surface area contributed by atoms with Gasteiger partial charge in [-0.3, -0.25) is 4.79 Å². The highest BCUT2D eigenvalue weighted by Gasteiger charge is 2.19. The number of hydrogen-bond donors (Lipinski definition) is 2. The summed E-state index contributed by atoms with van der Waals surface area (Å²) in [5.74, 6) is -0.408. The van der Waals surface area contributed by atoms with Crippen molar-refractivity contribution in [2.75, 3.05) is 0 Å². The van der Waals surface area contributed by atoms with Crippen LogP contribution in [0.2, 0.25) is 5.02 Å². The number of hydrogen-bond acceptors (Lipinski definition) is 4. The number of H-pyrrole nitrogens is 1. The van der Waals surface area contributed by atoms with Crippen LogP contribution in [0.4, 0.5) is 0 Å². The van der Waals surface area contributed by atoms with E-state index in [1.165, 1.54) is 4.57 Å². The monoisotopic (exact) mass is 303 g/mol. The molecule has 0 bridgehead atoms. The average Bonchev–Trinajstić information content (AvgIpc) is 2.74. The van der Waals surface area contributed by atoms with Crippen LogP contribution in [0.1, 0.15) is 16.3 Å². The number of primary amides is 1. The van der Waals surface area contributed by atoms with Gasteiger partial charge in [-0.2, -0.15) is 0 Å². The van der Waals surface area contributed by atoms with Crippen LogP contribution >= 0.6 is 11.6 Å². The molecule has 3 aromatic rings. The molecule has 1 amide bonds. The minimum atomic E-state index is -0.738. The van der Waals surface area contributed by atoms with Gasteiger partial charge in [0, 0.05) is 0 Å². The van der Waals surface area contributed by atoms with Crippen LogP contribution in [-0.2, 0) is 0 Å². The summed E-state index contributed by atoms with van der Waals surface area (Å²) in [5, 5.41) is 0.386. The SMILES string of the molecule is Cc1nc(C(N)=O)c2[nH]c(=O)n(-c3ccccc3Cl)c2n1. The molecule has 0 spiro atoms. The van der Waals surface area contributed by atoms with E-state index in [4.69, 9.17) is 17.3 Å². The largest absolute Gasteiger partial charge is 0.364 e. The Morgan fingerprint density at radius 1 is 1.33 bits per heavy atom. The van der Waals surface area contributed by atoms with Crippen molar-refractivity contribution in [1.82, 2.24) is 19.5 Å². The molecular weight excluding hydrogens is 294 g/mol. The maximum Gasteiger partial charge on any atom is 0.332 e. The van der Waals surface area contributed by atoms with Crippen molar-refractivity contribution in [3.63, 3.8) is 0 Å². The molecule has 0 atom stereocenters. The first-order valence-corrected chi connectivity index (χ1v) is 6.41. The third-order valence-corrected chi connectivity index (χ3v) is 3.29. The molecule has 2 heterocycles. The number of para-hydroxylation sites is 1. The third kappa shape index (κ3) is 2.07. The first-order valence-electron chi connectivity index (χ1n) is 6.03. The summed E-state index contributed by atoms with van der Waals surface area (Å²) in [4.78, 5) is 34.4. The quantitative estimate of drug-likeness (QED) is 0.741. The van der Waals surface area contributed by atoms with Gasteiger partial charge in [0.2, 0.25) is 0 Å². The van der Waals surface area contributed by atoms with E-state index in [0.717, 1.165) is 0 Å². The number of imidazole rings is 1. The Bertz CT molecular complexity index is 928. The molecule has 3 rings (SSSR count). The summed E-state index contributed by atoms with van der Waals surface area (Å²) in [6.07, 6.45) is 0. The number of aryl methyl sites for hydroxylation is 1. The fraction of sp³-hybridized carbons (Fsp3) is 0.0769. The summed E-state index contributed by atoms with van der Waals surface area (Å²) in [6.45, 7) is 1.61. The van der Waals surface area contributed by atoms with Crippen molar-refractivity contribution in [3.05, 3.63) is 51.3 Å². The van der Waals surface area contributed by atoms with Gasteiger partial charge in [0.15, 0.2) is 11.3 Å². The molecule has 0 radical (unpaired) electrons. The molecule has 2 aromatic heterocycles. The van der Waals surface area contributed by atoms with Crippen LogP contribution in [0.15, 0.2) is 29.1 Å².